The number of methoxy groups -OCH3 is 2. The lowest BCUT2D eigenvalue weighted by molar-refractivity contribution is -0.122. The van der Waals surface area contributed by atoms with Crippen molar-refractivity contribution in [1.29, 1.82) is 0 Å². The van der Waals surface area contributed by atoms with Gasteiger partial charge in [0.2, 0.25) is 11.8 Å². The number of rotatable bonds is 10. The number of nitrogens with zero attached hydrogens (tertiary/aromatic N) is 1. The van der Waals surface area contributed by atoms with Gasteiger partial charge in [-0.2, -0.15) is 0 Å². The molecule has 0 spiro atoms. The Kier molecular flexibility index (Phi) is 9.54. The molecule has 1 atom stereocenters. The molecule has 194 valence electrons. The SMILES string of the molecule is COc1ccc(CC(=O)NC(N)=NC(Cc2ccccc2)C(=O)NCc2ccc(F)c(F)c2)cc1OC. The molecule has 10 heteroatoms. The Labute approximate surface area is 213 Å². The van der Waals surface area contributed by atoms with Crippen LogP contribution in [-0.2, 0) is 29.0 Å². The van der Waals surface area contributed by atoms with Gasteiger partial charge < -0.3 is 20.5 Å². The molecule has 3 aromatic carbocycles. The molecule has 4 N–H and O–H groups in total. The summed E-state index contributed by atoms with van der Waals surface area (Å²) < 4.78 is 37.1. The fourth-order valence-electron chi connectivity index (χ4n) is 3.55. The Morgan fingerprint density at radius 1 is 0.892 bits per heavy atom. The van der Waals surface area contributed by atoms with E-state index in [1.54, 1.807) is 18.2 Å². The van der Waals surface area contributed by atoms with E-state index in [2.05, 4.69) is 15.6 Å². The lowest BCUT2D eigenvalue weighted by atomic mass is 10.1. The molecule has 37 heavy (non-hydrogen) atoms. The van der Waals surface area contributed by atoms with Gasteiger partial charge in [0.1, 0.15) is 6.04 Å². The quantitative estimate of drug-likeness (QED) is 0.287. The molecule has 0 bridgehead atoms. The summed E-state index contributed by atoms with van der Waals surface area (Å²) in [6.45, 7) is -0.0393. The Bertz CT molecular complexity index is 1270. The number of amides is 2. The highest BCUT2D eigenvalue weighted by atomic mass is 19.2. The second-order valence-electron chi connectivity index (χ2n) is 8.10. The average Bonchev–Trinajstić information content (AvgIpc) is 2.89. The van der Waals surface area contributed by atoms with Crippen LogP contribution in [0.4, 0.5) is 8.78 Å². The van der Waals surface area contributed by atoms with Crippen LogP contribution >= 0.6 is 0 Å². The first-order chi connectivity index (χ1) is 17.8. The molecule has 0 aliphatic rings. The molecule has 2 amide bonds. The average molecular weight is 511 g/mol. The first-order valence-electron chi connectivity index (χ1n) is 11.4. The van der Waals surface area contributed by atoms with Gasteiger partial charge in [-0.15, -0.1) is 0 Å². The number of carbonyl (C=O) groups is 2. The molecule has 3 rings (SSSR count). The van der Waals surface area contributed by atoms with E-state index in [1.165, 1.54) is 20.3 Å². The van der Waals surface area contributed by atoms with E-state index < -0.39 is 29.5 Å². The Morgan fingerprint density at radius 3 is 2.27 bits per heavy atom. The maximum Gasteiger partial charge on any atom is 0.245 e. The van der Waals surface area contributed by atoms with E-state index in [-0.39, 0.29) is 25.3 Å². The molecular formula is C27H28F2N4O4. The lowest BCUT2D eigenvalue weighted by Gasteiger charge is -2.15. The van der Waals surface area contributed by atoms with E-state index >= 15 is 0 Å². The summed E-state index contributed by atoms with van der Waals surface area (Å²) in [7, 11) is 3.01. The molecule has 0 fully saturated rings. The van der Waals surface area contributed by atoms with Crippen molar-refractivity contribution < 1.29 is 27.8 Å². The van der Waals surface area contributed by atoms with E-state index in [0.717, 1.165) is 17.7 Å². The fourth-order valence-corrected chi connectivity index (χ4v) is 3.55. The van der Waals surface area contributed by atoms with Gasteiger partial charge in [-0.3, -0.25) is 14.9 Å². The van der Waals surface area contributed by atoms with Crippen molar-refractivity contribution >= 4 is 17.8 Å². The van der Waals surface area contributed by atoms with Crippen LogP contribution in [-0.4, -0.2) is 38.0 Å². The molecule has 0 aliphatic heterocycles. The number of hydrogen-bond donors (Lipinski definition) is 3. The molecule has 0 saturated heterocycles. The minimum absolute atomic E-state index is 0.0117. The molecule has 0 heterocycles. The van der Waals surface area contributed by atoms with Gasteiger partial charge in [-0.1, -0.05) is 42.5 Å². The summed E-state index contributed by atoms with van der Waals surface area (Å²) in [6.07, 6.45) is 0.193. The van der Waals surface area contributed by atoms with Gasteiger partial charge >= 0.3 is 0 Å². The normalized spacial score (nSPS) is 11.9. The van der Waals surface area contributed by atoms with E-state index in [1.807, 2.05) is 30.3 Å². The number of halogens is 2. The zero-order valence-electron chi connectivity index (χ0n) is 20.5. The first-order valence-corrected chi connectivity index (χ1v) is 11.4. The molecule has 0 saturated carbocycles. The summed E-state index contributed by atoms with van der Waals surface area (Å²) in [5.74, 6) is -2.12. The summed E-state index contributed by atoms with van der Waals surface area (Å²) in [5, 5.41) is 5.16. The highest BCUT2D eigenvalue weighted by Gasteiger charge is 2.20. The number of nitrogens with two attached hydrogens (primary N) is 1. The number of ether oxygens (including phenoxy) is 2. The second kappa shape index (κ2) is 13.0. The van der Waals surface area contributed by atoms with Crippen LogP contribution in [0.3, 0.4) is 0 Å². The van der Waals surface area contributed by atoms with Gasteiger partial charge in [0.25, 0.3) is 0 Å². The third-order valence-electron chi connectivity index (χ3n) is 5.40. The number of nitrogens with one attached hydrogen (secondary N) is 2. The fraction of sp³-hybridized carbons (Fsp3) is 0.222. The predicted octanol–water partition coefficient (Wildman–Crippen LogP) is 2.88. The van der Waals surface area contributed by atoms with Crippen molar-refractivity contribution in [1.82, 2.24) is 10.6 Å². The molecule has 0 radical (unpaired) electrons. The highest BCUT2D eigenvalue weighted by molar-refractivity contribution is 5.98. The minimum atomic E-state index is -1.01. The molecule has 0 aromatic heterocycles. The van der Waals surface area contributed by atoms with E-state index in [4.69, 9.17) is 15.2 Å². The van der Waals surface area contributed by atoms with Crippen LogP contribution in [0, 0.1) is 11.6 Å². The topological polar surface area (TPSA) is 115 Å². The number of aliphatic imine (C=N–C) groups is 1. The largest absolute Gasteiger partial charge is 0.493 e. The smallest absolute Gasteiger partial charge is 0.245 e. The Balaban J connectivity index is 1.69. The number of hydrogen-bond acceptors (Lipinski definition) is 5. The van der Waals surface area contributed by atoms with E-state index in [9.17, 15) is 18.4 Å². The van der Waals surface area contributed by atoms with E-state index in [0.29, 0.717) is 22.6 Å². The second-order valence-corrected chi connectivity index (χ2v) is 8.10. The maximum absolute atomic E-state index is 13.5. The third-order valence-corrected chi connectivity index (χ3v) is 5.40. The monoisotopic (exact) mass is 510 g/mol. The lowest BCUT2D eigenvalue weighted by Crippen LogP contribution is -2.42. The molecule has 8 nitrogen and oxygen atoms in total. The standard InChI is InChI=1S/C27H28F2N4O4/c1-36-23-11-9-18(14-24(23)37-2)15-25(34)33-27(30)32-22(13-17-6-4-3-5-7-17)26(35)31-16-19-8-10-20(28)21(29)12-19/h3-12,14,22H,13,15-16H2,1-2H3,(H,31,35)(H3,30,32,33,34). The van der Waals surface area contributed by atoms with Gasteiger partial charge in [-0.25, -0.2) is 13.8 Å². The van der Waals surface area contributed by atoms with Gasteiger partial charge in [-0.05, 0) is 41.0 Å². The number of carbonyl (C=O) groups excluding carboxylic acids is 2. The van der Waals surface area contributed by atoms with Gasteiger partial charge in [0, 0.05) is 13.0 Å². The van der Waals surface area contributed by atoms with Crippen molar-refractivity contribution in [3.63, 3.8) is 0 Å². The van der Waals surface area contributed by atoms with Crippen molar-refractivity contribution in [2.45, 2.75) is 25.4 Å². The Hall–Kier alpha value is -4.47. The zero-order chi connectivity index (χ0) is 26.8. The van der Waals surface area contributed by atoms with Crippen molar-refractivity contribution in [3.05, 3.63) is 95.1 Å². The summed E-state index contributed by atoms with van der Waals surface area (Å²) in [6, 6.07) is 16.6. The molecule has 1 unspecified atom stereocenters. The Morgan fingerprint density at radius 2 is 1.59 bits per heavy atom. The number of benzene rings is 3. The summed E-state index contributed by atoms with van der Waals surface area (Å²) in [5.41, 5.74) is 7.83. The molecule has 0 aliphatic carbocycles. The zero-order valence-corrected chi connectivity index (χ0v) is 20.5. The van der Waals surface area contributed by atoms with Gasteiger partial charge in [0.05, 0.1) is 20.6 Å². The number of guanidine groups is 1. The molecule has 3 aromatic rings. The van der Waals surface area contributed by atoms with Crippen LogP contribution < -0.4 is 25.8 Å². The van der Waals surface area contributed by atoms with Crippen LogP contribution in [0.5, 0.6) is 11.5 Å². The summed E-state index contributed by atoms with van der Waals surface area (Å²) >= 11 is 0. The minimum Gasteiger partial charge on any atom is -0.493 e. The van der Waals surface area contributed by atoms with Crippen LogP contribution in [0.1, 0.15) is 16.7 Å². The van der Waals surface area contributed by atoms with Crippen molar-refractivity contribution in [3.8, 4) is 11.5 Å². The summed E-state index contributed by atoms with van der Waals surface area (Å²) in [4.78, 5) is 29.7. The third kappa shape index (κ3) is 8.03. The van der Waals surface area contributed by atoms with Crippen molar-refractivity contribution in [2.24, 2.45) is 10.7 Å². The van der Waals surface area contributed by atoms with Gasteiger partial charge in [0.15, 0.2) is 29.1 Å². The first kappa shape index (κ1) is 27.1. The van der Waals surface area contributed by atoms with Crippen LogP contribution in [0.25, 0.3) is 0 Å². The van der Waals surface area contributed by atoms with Crippen LogP contribution in [0.15, 0.2) is 71.7 Å². The highest BCUT2D eigenvalue weighted by Crippen LogP contribution is 2.27. The van der Waals surface area contributed by atoms with Crippen LogP contribution in [0.2, 0.25) is 0 Å². The predicted molar refractivity (Wildman–Crippen MR) is 135 cm³/mol. The molecular weight excluding hydrogens is 482 g/mol. The van der Waals surface area contributed by atoms with Crippen molar-refractivity contribution in [2.75, 3.05) is 14.2 Å². The maximum atomic E-state index is 13.5.